The number of thiocarbonyl (C=S) groups is 1. The zero-order valence-electron chi connectivity index (χ0n) is 16.7. The average Bonchev–Trinajstić information content (AvgIpc) is 2.69. The van der Waals surface area contributed by atoms with E-state index in [1.165, 1.54) is 0 Å². The first-order chi connectivity index (χ1) is 14.1. The second-order valence-electron chi connectivity index (χ2n) is 6.08. The number of hydrogen-bond donors (Lipinski definition) is 2. The summed E-state index contributed by atoms with van der Waals surface area (Å²) >= 11 is 11.1. The lowest BCUT2D eigenvalue weighted by Gasteiger charge is -2.17. The van der Waals surface area contributed by atoms with Crippen LogP contribution in [0.2, 0.25) is 5.02 Å². The van der Waals surface area contributed by atoms with Crippen LogP contribution in [0.1, 0.15) is 30.5 Å². The van der Waals surface area contributed by atoms with E-state index in [0.717, 1.165) is 23.2 Å². The molecule has 0 aliphatic heterocycles. The Bertz CT molecular complexity index is 854. The van der Waals surface area contributed by atoms with Crippen molar-refractivity contribution in [2.45, 2.75) is 26.9 Å². The normalized spacial score (nSPS) is 10.6. The summed E-state index contributed by atoms with van der Waals surface area (Å²) in [4.78, 5) is 0. The van der Waals surface area contributed by atoms with Gasteiger partial charge in [0.1, 0.15) is 6.61 Å². The molecule has 29 heavy (non-hydrogen) atoms. The van der Waals surface area contributed by atoms with E-state index in [9.17, 15) is 0 Å². The highest BCUT2D eigenvalue weighted by atomic mass is 35.5. The summed E-state index contributed by atoms with van der Waals surface area (Å²) in [5, 5.41) is 8.33. The number of hydrazone groups is 1. The van der Waals surface area contributed by atoms with E-state index in [0.29, 0.717) is 41.3 Å². The molecule has 0 aliphatic rings. The van der Waals surface area contributed by atoms with Crippen LogP contribution in [0.15, 0.2) is 54.2 Å². The first-order valence-electron chi connectivity index (χ1n) is 9.42. The molecule has 154 valence electrons. The minimum Gasteiger partial charge on any atom is -0.490 e. The predicted octanol–water partition coefficient (Wildman–Crippen LogP) is 4.86. The molecular weight excluding hydrogens is 406 g/mol. The minimum absolute atomic E-state index is 0.410. The van der Waals surface area contributed by atoms with Crippen LogP contribution < -0.4 is 20.2 Å². The fourth-order valence-corrected chi connectivity index (χ4v) is 2.92. The van der Waals surface area contributed by atoms with Crippen LogP contribution >= 0.6 is 23.8 Å². The number of allylic oxidation sites excluding steroid dienone is 1. The fourth-order valence-electron chi connectivity index (χ4n) is 2.59. The molecular formula is C22H26ClN3O2S. The van der Waals surface area contributed by atoms with Crippen molar-refractivity contribution in [1.82, 2.24) is 10.7 Å². The number of nitrogens with zero attached hydrogens (tertiary/aromatic N) is 1. The molecule has 2 aromatic carbocycles. The number of benzene rings is 2. The first kappa shape index (κ1) is 22.7. The van der Waals surface area contributed by atoms with E-state index < -0.39 is 0 Å². The maximum absolute atomic E-state index is 6.12. The maximum atomic E-state index is 6.12. The van der Waals surface area contributed by atoms with Crippen LogP contribution in [0.3, 0.4) is 0 Å². The van der Waals surface area contributed by atoms with E-state index in [4.69, 9.17) is 33.3 Å². The molecule has 0 saturated heterocycles. The van der Waals surface area contributed by atoms with Gasteiger partial charge >= 0.3 is 0 Å². The fraction of sp³-hybridized carbons (Fsp3) is 0.273. The third-order valence-corrected chi connectivity index (χ3v) is 4.32. The van der Waals surface area contributed by atoms with Gasteiger partial charge in [-0.3, -0.25) is 5.43 Å². The summed E-state index contributed by atoms with van der Waals surface area (Å²) in [6.45, 7) is 9.43. The monoisotopic (exact) mass is 431 g/mol. The van der Waals surface area contributed by atoms with Gasteiger partial charge in [0.2, 0.25) is 0 Å². The van der Waals surface area contributed by atoms with E-state index in [-0.39, 0.29) is 0 Å². The third-order valence-electron chi connectivity index (χ3n) is 3.83. The second-order valence-corrected chi connectivity index (χ2v) is 6.92. The van der Waals surface area contributed by atoms with Crippen molar-refractivity contribution in [3.05, 3.63) is 70.8 Å². The third kappa shape index (κ3) is 7.40. The summed E-state index contributed by atoms with van der Waals surface area (Å²) in [5.41, 5.74) is 5.65. The molecule has 2 N–H and O–H groups in total. The lowest BCUT2D eigenvalue weighted by molar-refractivity contribution is 0.267. The van der Waals surface area contributed by atoms with Crippen LogP contribution in [0.4, 0.5) is 0 Å². The second kappa shape index (κ2) is 12.1. The van der Waals surface area contributed by atoms with Gasteiger partial charge in [0.15, 0.2) is 16.6 Å². The van der Waals surface area contributed by atoms with E-state index >= 15 is 0 Å². The summed E-state index contributed by atoms with van der Waals surface area (Å²) in [6.07, 6.45) is 4.17. The molecule has 7 heteroatoms. The lowest BCUT2D eigenvalue weighted by Crippen LogP contribution is -2.31. The smallest absolute Gasteiger partial charge is 0.186 e. The van der Waals surface area contributed by atoms with Crippen molar-refractivity contribution in [2.24, 2.45) is 5.10 Å². The number of ether oxygens (including phenoxy) is 2. The maximum Gasteiger partial charge on any atom is 0.186 e. The SMILES string of the molecule is C=CCc1cc(C=NNC(=S)NCC)cc(OCC)c1OCc1ccc(Cl)cc1. The van der Waals surface area contributed by atoms with Crippen LogP contribution in [0.25, 0.3) is 0 Å². The number of nitrogens with one attached hydrogen (secondary N) is 2. The van der Waals surface area contributed by atoms with Crippen molar-refractivity contribution >= 4 is 35.1 Å². The van der Waals surface area contributed by atoms with Gasteiger partial charge in [-0.05, 0) is 67.9 Å². The quantitative estimate of drug-likeness (QED) is 0.243. The molecule has 2 aromatic rings. The summed E-state index contributed by atoms with van der Waals surface area (Å²) < 4.78 is 12.0. The Morgan fingerprint density at radius 1 is 1.21 bits per heavy atom. The highest BCUT2D eigenvalue weighted by Crippen LogP contribution is 2.34. The lowest BCUT2D eigenvalue weighted by atomic mass is 10.1. The van der Waals surface area contributed by atoms with Gasteiger partial charge in [-0.1, -0.05) is 29.8 Å². The molecule has 5 nitrogen and oxygen atoms in total. The summed E-state index contributed by atoms with van der Waals surface area (Å²) in [5.74, 6) is 1.37. The zero-order chi connectivity index (χ0) is 21.1. The average molecular weight is 432 g/mol. The predicted molar refractivity (Wildman–Crippen MR) is 124 cm³/mol. The van der Waals surface area contributed by atoms with E-state index in [1.54, 1.807) is 6.21 Å². The van der Waals surface area contributed by atoms with Crippen LogP contribution in [-0.2, 0) is 13.0 Å². The van der Waals surface area contributed by atoms with E-state index in [2.05, 4.69) is 22.4 Å². The van der Waals surface area contributed by atoms with Crippen molar-refractivity contribution in [2.75, 3.05) is 13.2 Å². The van der Waals surface area contributed by atoms with E-state index in [1.807, 2.05) is 56.3 Å². The number of halogens is 1. The Kier molecular flexibility index (Phi) is 9.47. The Balaban J connectivity index is 2.25. The Morgan fingerprint density at radius 3 is 2.62 bits per heavy atom. The van der Waals surface area contributed by atoms with Crippen molar-refractivity contribution in [3.63, 3.8) is 0 Å². The highest BCUT2D eigenvalue weighted by molar-refractivity contribution is 7.80. The molecule has 0 spiro atoms. The van der Waals surface area contributed by atoms with Crippen LogP contribution in [0.5, 0.6) is 11.5 Å². The van der Waals surface area contributed by atoms with Gasteiger partial charge < -0.3 is 14.8 Å². The number of rotatable bonds is 10. The van der Waals surface area contributed by atoms with Gasteiger partial charge in [0.05, 0.1) is 12.8 Å². The first-order valence-corrected chi connectivity index (χ1v) is 10.2. The highest BCUT2D eigenvalue weighted by Gasteiger charge is 2.13. The Morgan fingerprint density at radius 2 is 1.97 bits per heavy atom. The molecule has 0 atom stereocenters. The topological polar surface area (TPSA) is 54.9 Å². The molecule has 0 aliphatic carbocycles. The van der Waals surface area contributed by atoms with Gasteiger partial charge in [0.25, 0.3) is 0 Å². The van der Waals surface area contributed by atoms with Crippen molar-refractivity contribution in [1.29, 1.82) is 0 Å². The molecule has 0 radical (unpaired) electrons. The molecule has 0 aromatic heterocycles. The largest absolute Gasteiger partial charge is 0.490 e. The molecule has 0 heterocycles. The molecule has 0 amide bonds. The van der Waals surface area contributed by atoms with Crippen molar-refractivity contribution < 1.29 is 9.47 Å². The number of hydrogen-bond acceptors (Lipinski definition) is 4. The van der Waals surface area contributed by atoms with Crippen LogP contribution in [-0.4, -0.2) is 24.5 Å². The van der Waals surface area contributed by atoms with Gasteiger partial charge in [0, 0.05) is 17.1 Å². The van der Waals surface area contributed by atoms with Crippen molar-refractivity contribution in [3.8, 4) is 11.5 Å². The molecule has 2 rings (SSSR count). The Labute approximate surface area is 182 Å². The van der Waals surface area contributed by atoms with Gasteiger partial charge in [-0.15, -0.1) is 6.58 Å². The Hall–Kier alpha value is -2.57. The summed E-state index contributed by atoms with van der Waals surface area (Å²) in [6, 6.07) is 11.5. The van der Waals surface area contributed by atoms with Gasteiger partial charge in [-0.25, -0.2) is 0 Å². The minimum atomic E-state index is 0.410. The summed E-state index contributed by atoms with van der Waals surface area (Å²) in [7, 11) is 0. The molecule has 0 fully saturated rings. The molecule has 0 unspecified atom stereocenters. The standard InChI is InChI=1S/C22H26ClN3O2S/c1-4-7-18-12-17(14-25-26-22(29)24-5-2)13-20(27-6-3)21(18)28-15-16-8-10-19(23)11-9-16/h4,8-14H,1,5-7,15H2,2-3H3,(H2,24,26,29). The molecule has 0 bridgehead atoms. The molecule has 0 saturated carbocycles. The van der Waals surface area contributed by atoms with Gasteiger partial charge in [-0.2, -0.15) is 5.10 Å². The van der Waals surface area contributed by atoms with Crippen LogP contribution in [0, 0.1) is 0 Å². The zero-order valence-corrected chi connectivity index (χ0v) is 18.3.